The first-order chi connectivity index (χ1) is 25.1. The summed E-state index contributed by atoms with van der Waals surface area (Å²) in [6.45, 7) is 12.4. The number of hydrogen-bond donors (Lipinski definition) is 3. The van der Waals surface area contributed by atoms with Gasteiger partial charge in [-0.3, -0.25) is 14.6 Å². The van der Waals surface area contributed by atoms with Gasteiger partial charge >= 0.3 is 12.1 Å². The number of carboxylic acid groups (broad SMARTS) is 1. The molecule has 5 atom stereocenters. The van der Waals surface area contributed by atoms with Crippen molar-refractivity contribution in [1.82, 2.24) is 25.5 Å². The third-order valence-electron chi connectivity index (χ3n) is 10.2. The number of ether oxygens (including phenoxy) is 3. The maximum absolute atomic E-state index is 14.3. The van der Waals surface area contributed by atoms with Crippen LogP contribution in [-0.4, -0.2) is 86.8 Å². The van der Waals surface area contributed by atoms with Crippen LogP contribution in [0.3, 0.4) is 0 Å². The smallest absolute Gasteiger partial charge is 0.408 e. The number of pyridine rings is 2. The van der Waals surface area contributed by atoms with E-state index < -0.39 is 59.1 Å². The largest absolute Gasteiger partial charge is 0.497 e. The van der Waals surface area contributed by atoms with Crippen molar-refractivity contribution in [3.05, 3.63) is 60.3 Å². The van der Waals surface area contributed by atoms with Crippen molar-refractivity contribution < 1.29 is 38.5 Å². The Balaban J connectivity index is 1.34. The number of aryl methyl sites for hydroxylation is 2. The highest BCUT2D eigenvalue weighted by atomic mass is 16.6. The lowest BCUT2D eigenvalue weighted by Gasteiger charge is -2.31. The molecular formula is C40H49N5O8. The average molecular weight is 728 g/mol. The van der Waals surface area contributed by atoms with E-state index >= 15 is 0 Å². The van der Waals surface area contributed by atoms with Crippen LogP contribution in [0.5, 0.6) is 11.5 Å². The number of nitrogens with one attached hydrogen (secondary N) is 2. The van der Waals surface area contributed by atoms with Gasteiger partial charge in [-0.15, -0.1) is 6.58 Å². The normalized spacial score (nSPS) is 22.8. The highest BCUT2D eigenvalue weighted by molar-refractivity contribution is 5.96. The van der Waals surface area contributed by atoms with Crippen molar-refractivity contribution in [2.45, 2.75) is 102 Å². The van der Waals surface area contributed by atoms with Crippen LogP contribution in [0.2, 0.25) is 0 Å². The third kappa shape index (κ3) is 7.93. The SMILES string of the molecule is C=C[C@@H]1C[C@]1(NC(=O)[C@@H]1C[C@@H](Oc2cc(-c3ccc4c(n3)CCCC4)nc3cc(OC)ccc23)CN1C(=O)[C@@H](NC(=O)OC(C)(C)C)C(C)C)C(=O)O. The number of benzene rings is 1. The molecule has 13 heteroatoms. The fraction of sp³-hybridized carbons (Fsp3) is 0.500. The zero-order valence-corrected chi connectivity index (χ0v) is 31.2. The van der Waals surface area contributed by atoms with Gasteiger partial charge in [0.2, 0.25) is 11.8 Å². The molecule has 0 bridgehead atoms. The number of amides is 3. The maximum atomic E-state index is 14.3. The Kier molecular flexibility index (Phi) is 10.4. The van der Waals surface area contributed by atoms with Crippen molar-refractivity contribution in [3.63, 3.8) is 0 Å². The van der Waals surface area contributed by atoms with Crippen LogP contribution in [0.15, 0.2) is 49.1 Å². The van der Waals surface area contributed by atoms with Crippen LogP contribution in [0.25, 0.3) is 22.3 Å². The number of fused-ring (bicyclic) bond motifs is 2. The first kappa shape index (κ1) is 37.6. The van der Waals surface area contributed by atoms with Crippen LogP contribution < -0.4 is 20.1 Å². The highest BCUT2D eigenvalue weighted by Gasteiger charge is 2.61. The Morgan fingerprint density at radius 3 is 2.47 bits per heavy atom. The van der Waals surface area contributed by atoms with E-state index in [9.17, 15) is 24.3 Å². The van der Waals surface area contributed by atoms with Crippen LogP contribution in [0.4, 0.5) is 4.79 Å². The van der Waals surface area contributed by atoms with E-state index in [4.69, 9.17) is 24.2 Å². The molecule has 1 saturated heterocycles. The molecule has 1 aromatic carbocycles. The van der Waals surface area contributed by atoms with Crippen molar-refractivity contribution in [3.8, 4) is 22.9 Å². The van der Waals surface area contributed by atoms with Gasteiger partial charge in [0.25, 0.3) is 0 Å². The number of rotatable bonds is 11. The number of methoxy groups -OCH3 is 1. The average Bonchev–Trinajstić information content (AvgIpc) is 3.68. The summed E-state index contributed by atoms with van der Waals surface area (Å²) in [6, 6.07) is 9.24. The Hall–Kier alpha value is -5.20. The summed E-state index contributed by atoms with van der Waals surface area (Å²) in [5.41, 5.74) is 1.93. The molecule has 0 radical (unpaired) electrons. The molecule has 3 aliphatic rings. The predicted octanol–water partition coefficient (Wildman–Crippen LogP) is 5.23. The molecule has 0 unspecified atom stereocenters. The van der Waals surface area contributed by atoms with Gasteiger partial charge in [0.1, 0.15) is 40.8 Å². The van der Waals surface area contributed by atoms with Crippen molar-refractivity contribution in [2.75, 3.05) is 13.7 Å². The van der Waals surface area contributed by atoms with E-state index in [0.717, 1.165) is 31.4 Å². The molecule has 53 heavy (non-hydrogen) atoms. The van der Waals surface area contributed by atoms with E-state index in [0.29, 0.717) is 33.8 Å². The third-order valence-corrected chi connectivity index (χ3v) is 10.2. The van der Waals surface area contributed by atoms with Crippen molar-refractivity contribution in [1.29, 1.82) is 0 Å². The standard InChI is InChI=1S/C40H49N5O8/c1-8-24-20-40(24,37(48)49)44-35(46)32-18-26(21-45(32)36(47)34(22(2)3)43-38(50)53-39(4,5)6)52-33-19-31(42-30-17-25(51-7)14-15-27(30)33)29-16-13-23-11-9-10-12-28(23)41-29/h8,13-17,19,22,24,26,32,34H,1,9-12,18,20-21H2,2-7H3,(H,43,50)(H,44,46)(H,48,49)/t24-,26-,32+,34+,40-/m1/s1. The fourth-order valence-corrected chi connectivity index (χ4v) is 7.26. The lowest BCUT2D eigenvalue weighted by Crippen LogP contribution is -2.57. The minimum atomic E-state index is -1.50. The summed E-state index contributed by atoms with van der Waals surface area (Å²) in [4.78, 5) is 64.8. The molecule has 1 aliphatic heterocycles. The second-order valence-corrected chi connectivity index (χ2v) is 15.6. The topological polar surface area (TPSA) is 169 Å². The van der Waals surface area contributed by atoms with Gasteiger partial charge in [-0.25, -0.2) is 14.6 Å². The summed E-state index contributed by atoms with van der Waals surface area (Å²) in [7, 11) is 1.58. The Morgan fingerprint density at radius 1 is 1.06 bits per heavy atom. The van der Waals surface area contributed by atoms with Gasteiger partial charge in [-0.05, 0) is 82.6 Å². The lowest BCUT2D eigenvalue weighted by atomic mass is 9.95. The van der Waals surface area contributed by atoms with E-state index in [1.54, 1.807) is 47.8 Å². The van der Waals surface area contributed by atoms with Crippen LogP contribution in [-0.2, 0) is 32.0 Å². The first-order valence-electron chi connectivity index (χ1n) is 18.2. The van der Waals surface area contributed by atoms with E-state index in [1.165, 1.54) is 16.5 Å². The summed E-state index contributed by atoms with van der Waals surface area (Å²) < 4.78 is 17.6. The van der Waals surface area contributed by atoms with Gasteiger partial charge in [-0.1, -0.05) is 26.0 Å². The monoisotopic (exact) mass is 727 g/mol. The van der Waals surface area contributed by atoms with E-state index in [2.05, 4.69) is 23.3 Å². The highest BCUT2D eigenvalue weighted by Crippen LogP contribution is 2.45. The van der Waals surface area contributed by atoms with Gasteiger partial charge in [0.05, 0.1) is 30.6 Å². The molecule has 3 N–H and O–H groups in total. The Bertz CT molecular complexity index is 1940. The predicted molar refractivity (Wildman–Crippen MR) is 198 cm³/mol. The maximum Gasteiger partial charge on any atom is 0.408 e. The van der Waals surface area contributed by atoms with Gasteiger partial charge in [0, 0.05) is 35.6 Å². The minimum Gasteiger partial charge on any atom is -0.497 e. The molecule has 6 rings (SSSR count). The number of alkyl carbamates (subject to hydrolysis) is 1. The molecule has 13 nitrogen and oxygen atoms in total. The molecule has 3 amide bonds. The number of aromatic nitrogens is 2. The Labute approximate surface area is 309 Å². The zero-order chi connectivity index (χ0) is 38.2. The lowest BCUT2D eigenvalue weighted by molar-refractivity contribution is -0.146. The summed E-state index contributed by atoms with van der Waals surface area (Å²) in [6.07, 6.45) is 4.44. The number of carbonyl (C=O) groups excluding carboxylic acids is 3. The van der Waals surface area contributed by atoms with Gasteiger partial charge in [0.15, 0.2) is 0 Å². The number of nitrogens with zero attached hydrogens (tertiary/aromatic N) is 3. The summed E-state index contributed by atoms with van der Waals surface area (Å²) >= 11 is 0. The van der Waals surface area contributed by atoms with Crippen LogP contribution in [0.1, 0.15) is 71.6 Å². The molecular weight excluding hydrogens is 678 g/mol. The molecule has 2 aliphatic carbocycles. The fourth-order valence-electron chi connectivity index (χ4n) is 7.26. The molecule has 282 valence electrons. The van der Waals surface area contributed by atoms with Crippen molar-refractivity contribution >= 4 is 34.8 Å². The molecule has 2 fully saturated rings. The van der Waals surface area contributed by atoms with Gasteiger partial charge < -0.3 is 34.9 Å². The van der Waals surface area contributed by atoms with Crippen molar-refractivity contribution in [2.24, 2.45) is 11.8 Å². The Morgan fingerprint density at radius 2 is 1.81 bits per heavy atom. The van der Waals surface area contributed by atoms with Crippen LogP contribution >= 0.6 is 0 Å². The number of carboxylic acids is 1. The molecule has 3 aromatic rings. The number of hydrogen-bond acceptors (Lipinski definition) is 9. The second-order valence-electron chi connectivity index (χ2n) is 15.6. The quantitative estimate of drug-likeness (QED) is 0.223. The second kappa shape index (κ2) is 14.7. The molecule has 2 aromatic heterocycles. The van der Waals surface area contributed by atoms with E-state index in [1.807, 2.05) is 24.3 Å². The van der Waals surface area contributed by atoms with E-state index in [-0.39, 0.29) is 25.3 Å². The summed E-state index contributed by atoms with van der Waals surface area (Å²) in [5.74, 6) is -2.04. The number of likely N-dealkylation sites (tertiary alicyclic amines) is 1. The molecule has 1 saturated carbocycles. The number of carbonyl (C=O) groups is 4. The number of aliphatic carboxylic acids is 1. The summed E-state index contributed by atoms with van der Waals surface area (Å²) in [5, 5.41) is 16.1. The molecule has 3 heterocycles. The zero-order valence-electron chi connectivity index (χ0n) is 31.2. The minimum absolute atomic E-state index is 0.00645. The van der Waals surface area contributed by atoms with Gasteiger partial charge in [-0.2, -0.15) is 0 Å². The first-order valence-corrected chi connectivity index (χ1v) is 18.2. The molecule has 0 spiro atoms. The van der Waals surface area contributed by atoms with Crippen LogP contribution in [0, 0.1) is 11.8 Å².